The monoisotopic (exact) mass is 315 g/mol. The van der Waals surface area contributed by atoms with Gasteiger partial charge >= 0.3 is 0 Å². The Hall–Kier alpha value is -1.87. The van der Waals surface area contributed by atoms with Crippen LogP contribution in [-0.4, -0.2) is 13.2 Å². The predicted molar refractivity (Wildman–Crippen MR) is 93.4 cm³/mol. The van der Waals surface area contributed by atoms with Crippen molar-refractivity contribution in [1.82, 2.24) is 0 Å². The maximum atomic E-state index is 13.8. The van der Waals surface area contributed by atoms with Gasteiger partial charge < -0.3 is 10.5 Å². The predicted octanol–water partition coefficient (Wildman–Crippen LogP) is 4.63. The van der Waals surface area contributed by atoms with E-state index in [0.717, 1.165) is 5.75 Å². The molecule has 124 valence electrons. The summed E-state index contributed by atoms with van der Waals surface area (Å²) in [5.74, 6) is 0.616. The molecular formula is C20H26FNO. The lowest BCUT2D eigenvalue weighted by Crippen LogP contribution is -2.17. The Labute approximate surface area is 138 Å². The molecule has 0 aliphatic heterocycles. The van der Waals surface area contributed by atoms with Gasteiger partial charge in [0.2, 0.25) is 0 Å². The van der Waals surface area contributed by atoms with Crippen LogP contribution in [0.25, 0.3) is 0 Å². The number of benzene rings is 2. The minimum absolute atomic E-state index is 0.0231. The molecule has 2 N–H and O–H groups in total. The molecule has 0 bridgehead atoms. The molecule has 2 nitrogen and oxygen atoms in total. The maximum Gasteiger partial charge on any atom is 0.126 e. The van der Waals surface area contributed by atoms with Gasteiger partial charge in [-0.1, -0.05) is 51.1 Å². The number of halogens is 1. The first-order valence-electron chi connectivity index (χ1n) is 8.09. The highest BCUT2D eigenvalue weighted by Crippen LogP contribution is 2.25. The van der Waals surface area contributed by atoms with E-state index < -0.39 is 0 Å². The molecule has 0 aliphatic carbocycles. The number of nitrogens with two attached hydrogens (primary N) is 1. The van der Waals surface area contributed by atoms with Gasteiger partial charge in [0.05, 0.1) is 6.61 Å². The zero-order valence-corrected chi connectivity index (χ0v) is 14.2. The van der Waals surface area contributed by atoms with Crippen LogP contribution >= 0.6 is 0 Å². The SMILES string of the molecule is CC(C)(C)c1ccc(OCCC(CN)c2ccccc2F)cc1. The summed E-state index contributed by atoms with van der Waals surface area (Å²) in [6, 6.07) is 15.0. The van der Waals surface area contributed by atoms with Crippen molar-refractivity contribution in [1.29, 1.82) is 0 Å². The van der Waals surface area contributed by atoms with E-state index in [-0.39, 0.29) is 17.2 Å². The van der Waals surface area contributed by atoms with E-state index in [9.17, 15) is 4.39 Å². The molecule has 0 saturated carbocycles. The van der Waals surface area contributed by atoms with Crippen LogP contribution in [0.5, 0.6) is 5.75 Å². The fourth-order valence-corrected chi connectivity index (χ4v) is 2.58. The van der Waals surface area contributed by atoms with Gasteiger partial charge in [0.15, 0.2) is 0 Å². The molecule has 0 fully saturated rings. The first-order valence-corrected chi connectivity index (χ1v) is 8.09. The summed E-state index contributed by atoms with van der Waals surface area (Å²) in [4.78, 5) is 0. The maximum absolute atomic E-state index is 13.8. The van der Waals surface area contributed by atoms with Crippen LogP contribution in [0.2, 0.25) is 0 Å². The lowest BCUT2D eigenvalue weighted by molar-refractivity contribution is 0.297. The van der Waals surface area contributed by atoms with E-state index in [1.165, 1.54) is 11.6 Å². The van der Waals surface area contributed by atoms with E-state index in [4.69, 9.17) is 10.5 Å². The summed E-state index contributed by atoms with van der Waals surface area (Å²) in [5, 5.41) is 0. The lowest BCUT2D eigenvalue weighted by atomic mass is 9.87. The fraction of sp³-hybridized carbons (Fsp3) is 0.400. The highest BCUT2D eigenvalue weighted by atomic mass is 19.1. The van der Waals surface area contributed by atoms with Gasteiger partial charge in [-0.05, 0) is 47.7 Å². The molecule has 0 spiro atoms. The van der Waals surface area contributed by atoms with Crippen LogP contribution in [-0.2, 0) is 5.41 Å². The molecule has 1 atom stereocenters. The molecule has 1 unspecified atom stereocenters. The molecule has 2 rings (SSSR count). The van der Waals surface area contributed by atoms with Gasteiger partial charge in [0.1, 0.15) is 11.6 Å². The molecule has 0 radical (unpaired) electrons. The lowest BCUT2D eigenvalue weighted by Gasteiger charge is -2.19. The summed E-state index contributed by atoms with van der Waals surface area (Å²) in [5.41, 5.74) is 7.87. The zero-order valence-electron chi connectivity index (χ0n) is 14.2. The van der Waals surface area contributed by atoms with E-state index in [2.05, 4.69) is 32.9 Å². The normalized spacial score (nSPS) is 12.9. The Morgan fingerprint density at radius 3 is 2.26 bits per heavy atom. The van der Waals surface area contributed by atoms with Gasteiger partial charge in [0.25, 0.3) is 0 Å². The Bertz CT molecular complexity index is 616. The molecule has 2 aromatic rings. The first kappa shape index (κ1) is 17.5. The van der Waals surface area contributed by atoms with Crippen molar-refractivity contribution in [2.45, 2.75) is 38.5 Å². The van der Waals surface area contributed by atoms with Crippen molar-refractivity contribution in [2.24, 2.45) is 5.73 Å². The third-order valence-electron chi connectivity index (χ3n) is 4.08. The van der Waals surface area contributed by atoms with Crippen molar-refractivity contribution >= 4 is 0 Å². The molecule has 3 heteroatoms. The standard InChI is InChI=1S/C20H26FNO/c1-20(2,3)16-8-10-17(11-9-16)23-13-12-15(14-22)18-6-4-5-7-19(18)21/h4-11,15H,12-14,22H2,1-3H3. The van der Waals surface area contributed by atoms with Gasteiger partial charge in [-0.3, -0.25) is 0 Å². The van der Waals surface area contributed by atoms with E-state index in [1.54, 1.807) is 12.1 Å². The third kappa shape index (κ3) is 4.80. The average Bonchev–Trinajstić information content (AvgIpc) is 2.52. The minimum Gasteiger partial charge on any atom is -0.494 e. The van der Waals surface area contributed by atoms with E-state index in [1.807, 2.05) is 18.2 Å². The van der Waals surface area contributed by atoms with Crippen molar-refractivity contribution in [3.63, 3.8) is 0 Å². The quantitative estimate of drug-likeness (QED) is 0.843. The highest BCUT2D eigenvalue weighted by Gasteiger charge is 2.15. The Morgan fingerprint density at radius 2 is 1.70 bits per heavy atom. The number of hydrogen-bond donors (Lipinski definition) is 1. The first-order chi connectivity index (χ1) is 10.9. The molecule has 0 saturated heterocycles. The Morgan fingerprint density at radius 1 is 1.04 bits per heavy atom. The van der Waals surface area contributed by atoms with Crippen LogP contribution in [0.1, 0.15) is 44.2 Å². The molecule has 0 amide bonds. The second-order valence-electron chi connectivity index (χ2n) is 6.87. The average molecular weight is 315 g/mol. The molecular weight excluding hydrogens is 289 g/mol. The summed E-state index contributed by atoms with van der Waals surface area (Å²) in [7, 11) is 0. The van der Waals surface area contributed by atoms with Gasteiger partial charge in [0, 0.05) is 5.92 Å². The number of hydrogen-bond acceptors (Lipinski definition) is 2. The van der Waals surface area contributed by atoms with Crippen LogP contribution in [0.15, 0.2) is 48.5 Å². The summed E-state index contributed by atoms with van der Waals surface area (Å²) < 4.78 is 19.6. The van der Waals surface area contributed by atoms with Crippen LogP contribution in [0, 0.1) is 5.82 Å². The topological polar surface area (TPSA) is 35.2 Å². The second kappa shape index (κ2) is 7.60. The number of rotatable bonds is 6. The van der Waals surface area contributed by atoms with Crippen molar-refractivity contribution in [2.75, 3.05) is 13.2 Å². The molecule has 0 aliphatic rings. The fourth-order valence-electron chi connectivity index (χ4n) is 2.58. The largest absolute Gasteiger partial charge is 0.494 e. The van der Waals surface area contributed by atoms with Crippen LogP contribution in [0.3, 0.4) is 0 Å². The summed E-state index contributed by atoms with van der Waals surface area (Å²) in [6.07, 6.45) is 0.693. The molecule has 0 heterocycles. The van der Waals surface area contributed by atoms with Gasteiger partial charge in [-0.25, -0.2) is 4.39 Å². The molecule has 0 aromatic heterocycles. The number of ether oxygens (including phenoxy) is 1. The smallest absolute Gasteiger partial charge is 0.126 e. The Kier molecular flexibility index (Phi) is 5.78. The van der Waals surface area contributed by atoms with Gasteiger partial charge in [-0.2, -0.15) is 0 Å². The van der Waals surface area contributed by atoms with E-state index >= 15 is 0 Å². The third-order valence-corrected chi connectivity index (χ3v) is 4.08. The Balaban J connectivity index is 1.92. The van der Waals surface area contributed by atoms with Crippen molar-refractivity contribution in [3.05, 3.63) is 65.5 Å². The second-order valence-corrected chi connectivity index (χ2v) is 6.87. The van der Waals surface area contributed by atoms with Crippen molar-refractivity contribution < 1.29 is 9.13 Å². The van der Waals surface area contributed by atoms with E-state index in [0.29, 0.717) is 25.1 Å². The molecule has 2 aromatic carbocycles. The highest BCUT2D eigenvalue weighted by molar-refractivity contribution is 5.31. The van der Waals surface area contributed by atoms with Crippen molar-refractivity contribution in [3.8, 4) is 5.75 Å². The minimum atomic E-state index is -0.197. The van der Waals surface area contributed by atoms with Crippen LogP contribution in [0.4, 0.5) is 4.39 Å². The summed E-state index contributed by atoms with van der Waals surface area (Å²) >= 11 is 0. The van der Waals surface area contributed by atoms with Crippen LogP contribution < -0.4 is 10.5 Å². The zero-order chi connectivity index (χ0) is 16.9. The summed E-state index contributed by atoms with van der Waals surface area (Å²) in [6.45, 7) is 7.48. The van der Waals surface area contributed by atoms with Gasteiger partial charge in [-0.15, -0.1) is 0 Å². The molecule has 23 heavy (non-hydrogen) atoms.